The van der Waals surface area contributed by atoms with Gasteiger partial charge in [0.2, 0.25) is 5.91 Å². The van der Waals surface area contributed by atoms with E-state index in [0.717, 1.165) is 0 Å². The number of phosphoric acid groups is 1. The largest absolute Gasteiger partial charge is 1.00 e. The average Bonchev–Trinajstić information content (AvgIpc) is 2.19. The number of nitrogens with one attached hydrogen (secondary N) is 1. The summed E-state index contributed by atoms with van der Waals surface area (Å²) in [4.78, 5) is 38.2. The Hall–Kier alpha value is 1.14. The van der Waals surface area contributed by atoms with Crippen molar-refractivity contribution in [3.63, 3.8) is 0 Å². The van der Waals surface area contributed by atoms with Gasteiger partial charge in [-0.15, -0.1) is 4.62 Å². The van der Waals surface area contributed by atoms with E-state index >= 15 is 0 Å². The Morgan fingerprint density at radius 1 is 1.23 bits per heavy atom. The van der Waals surface area contributed by atoms with Crippen LogP contribution in [0.3, 0.4) is 0 Å². The molecule has 1 saturated heterocycles. The van der Waals surface area contributed by atoms with Crippen LogP contribution in [0.1, 0.15) is 47.5 Å². The zero-order valence-corrected chi connectivity index (χ0v) is 18.4. The van der Waals surface area contributed by atoms with Crippen LogP contribution in [0.4, 0.5) is 0 Å². The molecule has 0 radical (unpaired) electrons. The van der Waals surface area contributed by atoms with Gasteiger partial charge < -0.3 is 19.7 Å². The summed E-state index contributed by atoms with van der Waals surface area (Å²) in [7, 11) is -3.96. The van der Waals surface area contributed by atoms with Crippen molar-refractivity contribution < 1.29 is 84.8 Å². The fraction of sp³-hybridized carbons (Fsp3) is 0.917. The number of piperidine rings is 1. The molecule has 124 valence electrons. The topological polar surface area (TPSA) is 111 Å². The molecule has 0 saturated carbocycles. The minimum Gasteiger partial charge on any atom is -0.785 e. The van der Waals surface area contributed by atoms with Crippen LogP contribution in [0.5, 0.6) is 0 Å². The van der Waals surface area contributed by atoms with Gasteiger partial charge in [-0.25, -0.2) is 0 Å². The Balaban J connectivity index is 0.00000441. The quantitative estimate of drug-likeness (QED) is 0.324. The second kappa shape index (κ2) is 7.57. The van der Waals surface area contributed by atoms with Crippen molar-refractivity contribution in [2.75, 3.05) is 7.11 Å². The molecule has 8 nitrogen and oxygen atoms in total. The van der Waals surface area contributed by atoms with E-state index in [9.17, 15) is 19.1 Å². The number of carbonyl (C=O) groups is 1. The van der Waals surface area contributed by atoms with Crippen LogP contribution in [-0.2, 0) is 18.8 Å². The van der Waals surface area contributed by atoms with Gasteiger partial charge in [0, 0.05) is 25.8 Å². The predicted molar refractivity (Wildman–Crippen MR) is 71.0 cm³/mol. The molecule has 1 rings (SSSR count). The van der Waals surface area contributed by atoms with Gasteiger partial charge in [-0.3, -0.25) is 4.79 Å². The number of hydrogen-bond donors (Lipinski definition) is 1. The van der Waals surface area contributed by atoms with E-state index in [4.69, 9.17) is 9.46 Å². The van der Waals surface area contributed by atoms with Crippen molar-refractivity contribution in [3.05, 3.63) is 0 Å². The number of hydroxylamine groups is 4. The van der Waals surface area contributed by atoms with Gasteiger partial charge in [-0.1, -0.05) is 0 Å². The molecule has 1 aliphatic heterocycles. The molecule has 0 aromatic rings. The van der Waals surface area contributed by atoms with Gasteiger partial charge in [0.1, 0.15) is 7.82 Å². The van der Waals surface area contributed by atoms with Crippen molar-refractivity contribution in [2.45, 2.75) is 64.6 Å². The van der Waals surface area contributed by atoms with Crippen molar-refractivity contribution >= 4 is 13.7 Å². The molecule has 0 spiro atoms. The molecule has 10 heteroatoms. The second-order valence-electron chi connectivity index (χ2n) is 6.69. The second-order valence-corrected chi connectivity index (χ2v) is 7.75. The molecular formula is C12H24KN2O6P. The van der Waals surface area contributed by atoms with E-state index in [1.807, 2.05) is 0 Å². The van der Waals surface area contributed by atoms with Crippen molar-refractivity contribution in [3.8, 4) is 0 Å². The summed E-state index contributed by atoms with van der Waals surface area (Å²) in [6.45, 7) is 8.38. The monoisotopic (exact) mass is 362 g/mol. The molecule has 0 atom stereocenters. The number of amides is 1. The molecule has 22 heavy (non-hydrogen) atoms. The molecule has 1 N–H and O–H groups in total. The van der Waals surface area contributed by atoms with Gasteiger partial charge in [-0.05, 0) is 32.5 Å². The van der Waals surface area contributed by atoms with Gasteiger partial charge in [0.15, 0.2) is 11.1 Å². The van der Waals surface area contributed by atoms with E-state index < -0.39 is 23.7 Å². The maximum atomic E-state index is 11.3. The summed E-state index contributed by atoms with van der Waals surface area (Å²) < 4.78 is 16.0. The molecule has 1 aliphatic rings. The summed E-state index contributed by atoms with van der Waals surface area (Å²) in [5.74, 6) is -0.164. The van der Waals surface area contributed by atoms with E-state index in [1.165, 1.54) is 14.0 Å². The Labute approximate surface area is 174 Å². The first kappa shape index (κ1) is 23.1. The maximum Gasteiger partial charge on any atom is 1.00 e. The summed E-state index contributed by atoms with van der Waals surface area (Å²) in [5.41, 5.74) is -1.71. The third-order valence-corrected chi connectivity index (χ3v) is 4.40. The molecule has 0 aromatic heterocycles. The van der Waals surface area contributed by atoms with Crippen molar-refractivity contribution in [2.24, 2.45) is 0 Å². The fourth-order valence-electron chi connectivity index (χ4n) is 3.62. The third kappa shape index (κ3) is 4.83. The molecular weight excluding hydrogens is 338 g/mol. The van der Waals surface area contributed by atoms with Crippen LogP contribution in [0, 0.1) is 0 Å². The standard InChI is InChI=1S/C12H25N2O6P.K/c1-9(15)13-10-7-11(2,3)14(19-6,12(4,5)8-10)20-21(16,17)18;/h10H,7-8H2,1-6H3,(H2-,13,15,16,17,18);/q;+1/p-1. The van der Waals surface area contributed by atoms with E-state index in [-0.39, 0.29) is 63.3 Å². The number of rotatable bonds is 4. The molecule has 0 unspecified atom stereocenters. The molecule has 1 heterocycles. The first-order chi connectivity index (χ1) is 9.26. The van der Waals surface area contributed by atoms with Gasteiger partial charge in [0.05, 0.1) is 7.11 Å². The predicted octanol–water partition coefficient (Wildman–Crippen LogP) is -3.02. The minimum atomic E-state index is -5.26. The van der Waals surface area contributed by atoms with Crippen molar-refractivity contribution in [1.82, 2.24) is 5.32 Å². The SMILES string of the molecule is CO[N+]1(OP(=O)([O-])[O-])C(C)(C)CC(NC(C)=O)CC1(C)C.[K+]. The van der Waals surface area contributed by atoms with Crippen LogP contribution >= 0.6 is 7.82 Å². The van der Waals surface area contributed by atoms with E-state index in [2.05, 4.69) is 5.32 Å². The van der Waals surface area contributed by atoms with Gasteiger partial charge >= 0.3 is 51.4 Å². The fourth-order valence-corrected chi connectivity index (χ4v) is 4.41. The van der Waals surface area contributed by atoms with Crippen LogP contribution in [0.2, 0.25) is 0 Å². The zero-order valence-electron chi connectivity index (χ0n) is 14.3. The van der Waals surface area contributed by atoms with Crippen LogP contribution in [-0.4, -0.2) is 34.9 Å². The summed E-state index contributed by atoms with van der Waals surface area (Å²) in [6.07, 6.45) is 0.813. The zero-order chi connectivity index (χ0) is 16.7. The van der Waals surface area contributed by atoms with E-state index in [1.54, 1.807) is 27.7 Å². The van der Waals surface area contributed by atoms with Gasteiger partial charge in [0.25, 0.3) is 0 Å². The smallest absolute Gasteiger partial charge is 0.785 e. The first-order valence-electron chi connectivity index (χ1n) is 6.72. The third-order valence-electron chi connectivity index (χ3n) is 3.97. The molecule has 0 aromatic carbocycles. The molecule has 1 amide bonds. The molecule has 0 aliphatic carbocycles. The summed E-state index contributed by atoms with van der Waals surface area (Å²) in [6, 6.07) is -0.157. The Morgan fingerprint density at radius 3 is 1.91 bits per heavy atom. The van der Waals surface area contributed by atoms with Crippen LogP contribution < -0.4 is 66.5 Å². The maximum absolute atomic E-state index is 11.3. The molecule has 0 bridgehead atoms. The normalized spacial score (nSPS) is 30.3. The first-order valence-corrected chi connectivity index (χ1v) is 8.18. The Kier molecular flexibility index (Phi) is 7.96. The number of quaternary nitrogens is 1. The average molecular weight is 362 g/mol. The number of carbonyl (C=O) groups excluding carboxylic acids is 1. The number of nitrogens with zero attached hydrogens (tertiary/aromatic N) is 1. The number of hydrogen-bond acceptors (Lipinski definition) is 6. The summed E-state index contributed by atoms with van der Waals surface area (Å²) in [5, 5.41) is 2.83. The minimum absolute atomic E-state index is 0. The van der Waals surface area contributed by atoms with Crippen LogP contribution in [0.25, 0.3) is 0 Å². The summed E-state index contributed by atoms with van der Waals surface area (Å²) >= 11 is 0. The van der Waals surface area contributed by atoms with Crippen molar-refractivity contribution in [1.29, 1.82) is 0 Å². The Morgan fingerprint density at radius 2 is 1.64 bits per heavy atom. The van der Waals surface area contributed by atoms with Crippen LogP contribution in [0.15, 0.2) is 0 Å². The van der Waals surface area contributed by atoms with E-state index in [0.29, 0.717) is 12.8 Å². The molecule has 1 fully saturated rings. The Bertz CT molecular complexity index is 447. The van der Waals surface area contributed by atoms with Gasteiger partial charge in [-0.2, -0.15) is 4.84 Å².